The number of nitrogens with zero attached hydrogens (tertiary/aromatic N) is 1. The van der Waals surface area contributed by atoms with Crippen LogP contribution in [0.5, 0.6) is 5.75 Å². The van der Waals surface area contributed by atoms with Crippen molar-refractivity contribution in [3.05, 3.63) is 23.8 Å². The summed E-state index contributed by atoms with van der Waals surface area (Å²) < 4.78 is 5.66. The van der Waals surface area contributed by atoms with Gasteiger partial charge in [0.25, 0.3) is 0 Å². The molecule has 0 bridgehead atoms. The van der Waals surface area contributed by atoms with E-state index in [1.54, 1.807) is 18.2 Å². The monoisotopic (exact) mass is 347 g/mol. The molecule has 1 aromatic rings. The predicted molar refractivity (Wildman–Crippen MR) is 98.6 cm³/mol. The number of hydrogen-bond acceptors (Lipinski definition) is 5. The highest BCUT2D eigenvalue weighted by atomic mass is 16.5. The average Bonchev–Trinajstić information content (AvgIpc) is 2.56. The number of unbranched alkanes of at least 4 members (excludes halogenated alkanes) is 1. The van der Waals surface area contributed by atoms with Gasteiger partial charge in [-0.25, -0.2) is 0 Å². The van der Waals surface area contributed by atoms with E-state index in [0.717, 1.165) is 12.8 Å². The van der Waals surface area contributed by atoms with Gasteiger partial charge in [0.2, 0.25) is 5.91 Å². The van der Waals surface area contributed by atoms with Crippen LogP contribution in [0.1, 0.15) is 52.5 Å². The molecule has 25 heavy (non-hydrogen) atoms. The van der Waals surface area contributed by atoms with Gasteiger partial charge in [-0.3, -0.25) is 4.79 Å². The van der Waals surface area contributed by atoms with Gasteiger partial charge in [0.15, 0.2) is 5.75 Å². The number of β-amino-alcohol motifs (C(OH)–C–C–N with tert-alkyl or cyclic N) is 1. The Bertz CT molecular complexity index is 603. The van der Waals surface area contributed by atoms with Crippen molar-refractivity contribution in [3.8, 4) is 11.8 Å². The van der Waals surface area contributed by atoms with Crippen molar-refractivity contribution in [2.24, 2.45) is 0 Å². The minimum absolute atomic E-state index is 0.0274. The maximum Gasteiger partial charge on any atom is 0.224 e. The Morgan fingerprint density at radius 2 is 2.12 bits per heavy atom. The largest absolute Gasteiger partial charge is 0.487 e. The van der Waals surface area contributed by atoms with Crippen molar-refractivity contribution in [2.75, 3.05) is 18.5 Å². The van der Waals surface area contributed by atoms with Gasteiger partial charge in [0.05, 0.1) is 11.3 Å². The second kappa shape index (κ2) is 10.0. The summed E-state index contributed by atoms with van der Waals surface area (Å²) in [6.45, 7) is 8.45. The second-order valence-corrected chi connectivity index (χ2v) is 7.04. The Morgan fingerprint density at radius 3 is 2.72 bits per heavy atom. The number of benzene rings is 1. The Morgan fingerprint density at radius 1 is 1.40 bits per heavy atom. The molecule has 0 radical (unpaired) electrons. The average molecular weight is 347 g/mol. The SMILES string of the molecule is CCCCC(=O)Nc1cccc(C#N)c1OCC(O)CNC(C)(C)C. The Kier molecular flexibility index (Phi) is 8.39. The Labute approximate surface area is 150 Å². The van der Waals surface area contributed by atoms with Crippen molar-refractivity contribution in [2.45, 2.75) is 58.6 Å². The molecule has 1 rings (SSSR count). The van der Waals surface area contributed by atoms with E-state index >= 15 is 0 Å². The van der Waals surface area contributed by atoms with Crippen molar-refractivity contribution < 1.29 is 14.6 Å². The molecule has 0 aromatic heterocycles. The van der Waals surface area contributed by atoms with Crippen molar-refractivity contribution in [1.82, 2.24) is 5.32 Å². The molecular formula is C19H29N3O3. The summed E-state index contributed by atoms with van der Waals surface area (Å²) in [7, 11) is 0. The minimum atomic E-state index is -0.727. The van der Waals surface area contributed by atoms with Crippen molar-refractivity contribution in [3.63, 3.8) is 0 Å². The summed E-state index contributed by atoms with van der Waals surface area (Å²) >= 11 is 0. The molecule has 3 N–H and O–H groups in total. The van der Waals surface area contributed by atoms with Crippen LogP contribution >= 0.6 is 0 Å². The first kappa shape index (κ1) is 20.9. The molecule has 0 saturated heterocycles. The smallest absolute Gasteiger partial charge is 0.224 e. The standard InChI is InChI=1S/C19H29N3O3/c1-5-6-10-17(24)22-16-9-7-8-14(11-20)18(16)25-13-15(23)12-21-19(2,3)4/h7-9,15,21,23H,5-6,10,12-13H2,1-4H3,(H,22,24). The third-order valence-electron chi connectivity index (χ3n) is 3.46. The first-order valence-corrected chi connectivity index (χ1v) is 8.65. The van der Waals surface area contributed by atoms with Gasteiger partial charge in [-0.1, -0.05) is 19.4 Å². The van der Waals surface area contributed by atoms with Crippen LogP contribution in [-0.2, 0) is 4.79 Å². The maximum atomic E-state index is 12.0. The molecule has 6 heteroatoms. The quantitative estimate of drug-likeness (QED) is 0.638. The van der Waals surface area contributed by atoms with E-state index in [1.807, 2.05) is 27.7 Å². The van der Waals surface area contributed by atoms with Crippen LogP contribution in [0.3, 0.4) is 0 Å². The summed E-state index contributed by atoms with van der Waals surface area (Å²) in [5.41, 5.74) is 0.671. The molecule has 0 aliphatic heterocycles. The molecule has 138 valence electrons. The first-order chi connectivity index (χ1) is 11.8. The van der Waals surface area contributed by atoms with E-state index in [2.05, 4.69) is 16.7 Å². The highest BCUT2D eigenvalue weighted by molar-refractivity contribution is 5.92. The van der Waals surface area contributed by atoms with E-state index < -0.39 is 6.10 Å². The number of nitriles is 1. The molecule has 0 saturated carbocycles. The molecule has 1 atom stereocenters. The summed E-state index contributed by atoms with van der Waals surface area (Å²) in [4.78, 5) is 12.0. The third kappa shape index (κ3) is 8.01. The van der Waals surface area contributed by atoms with Gasteiger partial charge in [0.1, 0.15) is 18.8 Å². The van der Waals surface area contributed by atoms with Crippen LogP contribution in [0.25, 0.3) is 0 Å². The number of rotatable bonds is 9. The topological polar surface area (TPSA) is 94.4 Å². The lowest BCUT2D eigenvalue weighted by Crippen LogP contribution is -2.42. The van der Waals surface area contributed by atoms with E-state index in [0.29, 0.717) is 30.0 Å². The van der Waals surface area contributed by atoms with E-state index in [4.69, 9.17) is 4.74 Å². The molecule has 0 aliphatic carbocycles. The normalized spacial score (nSPS) is 12.3. The van der Waals surface area contributed by atoms with Gasteiger partial charge in [-0.2, -0.15) is 5.26 Å². The summed E-state index contributed by atoms with van der Waals surface area (Å²) in [5, 5.41) is 25.3. The lowest BCUT2D eigenvalue weighted by molar-refractivity contribution is -0.116. The van der Waals surface area contributed by atoms with Crippen molar-refractivity contribution >= 4 is 11.6 Å². The summed E-state index contributed by atoms with van der Waals surface area (Å²) in [5.74, 6) is 0.182. The summed E-state index contributed by atoms with van der Waals surface area (Å²) in [6, 6.07) is 7.07. The van der Waals surface area contributed by atoms with E-state index in [1.165, 1.54) is 0 Å². The number of carbonyl (C=O) groups excluding carboxylic acids is 1. The molecule has 1 amide bonds. The lowest BCUT2D eigenvalue weighted by atomic mass is 10.1. The number of carbonyl (C=O) groups is 1. The van der Waals surface area contributed by atoms with Crippen LogP contribution < -0.4 is 15.4 Å². The second-order valence-electron chi connectivity index (χ2n) is 7.04. The van der Waals surface area contributed by atoms with Gasteiger partial charge >= 0.3 is 0 Å². The fraction of sp³-hybridized carbons (Fsp3) is 0.579. The van der Waals surface area contributed by atoms with Crippen LogP contribution in [-0.4, -0.2) is 35.8 Å². The molecule has 0 heterocycles. The van der Waals surface area contributed by atoms with Gasteiger partial charge in [-0.05, 0) is 39.3 Å². The van der Waals surface area contributed by atoms with Gasteiger partial charge < -0.3 is 20.5 Å². The van der Waals surface area contributed by atoms with Gasteiger partial charge in [-0.15, -0.1) is 0 Å². The van der Waals surface area contributed by atoms with Crippen LogP contribution in [0.2, 0.25) is 0 Å². The predicted octanol–water partition coefficient (Wildman–Crippen LogP) is 2.81. The number of hydrogen-bond donors (Lipinski definition) is 3. The van der Waals surface area contributed by atoms with Crippen LogP contribution in [0, 0.1) is 11.3 Å². The number of nitrogens with one attached hydrogen (secondary N) is 2. The number of amides is 1. The lowest BCUT2D eigenvalue weighted by Gasteiger charge is -2.23. The first-order valence-electron chi connectivity index (χ1n) is 8.65. The molecule has 0 aliphatic rings. The summed E-state index contributed by atoms with van der Waals surface area (Å²) in [6.07, 6.45) is 1.43. The molecule has 0 fully saturated rings. The Balaban J connectivity index is 2.76. The molecule has 6 nitrogen and oxygen atoms in total. The van der Waals surface area contributed by atoms with Crippen LogP contribution in [0.15, 0.2) is 18.2 Å². The van der Waals surface area contributed by atoms with Gasteiger partial charge in [0, 0.05) is 18.5 Å². The molecule has 0 spiro atoms. The maximum absolute atomic E-state index is 12.0. The zero-order valence-electron chi connectivity index (χ0n) is 15.6. The number of aliphatic hydroxyl groups excluding tert-OH is 1. The molecule has 1 aromatic carbocycles. The number of aliphatic hydroxyl groups is 1. The fourth-order valence-corrected chi connectivity index (χ4v) is 2.09. The minimum Gasteiger partial charge on any atom is -0.487 e. The molecule has 1 unspecified atom stereocenters. The highest BCUT2D eigenvalue weighted by Gasteiger charge is 2.16. The molecular weight excluding hydrogens is 318 g/mol. The van der Waals surface area contributed by atoms with Crippen LogP contribution in [0.4, 0.5) is 5.69 Å². The fourth-order valence-electron chi connectivity index (χ4n) is 2.09. The number of ether oxygens (including phenoxy) is 1. The van der Waals surface area contributed by atoms with E-state index in [-0.39, 0.29) is 18.1 Å². The third-order valence-corrected chi connectivity index (χ3v) is 3.46. The zero-order chi connectivity index (χ0) is 18.9. The highest BCUT2D eigenvalue weighted by Crippen LogP contribution is 2.29. The zero-order valence-corrected chi connectivity index (χ0v) is 15.6. The number of anilines is 1. The van der Waals surface area contributed by atoms with Crippen molar-refractivity contribution in [1.29, 1.82) is 5.26 Å². The Hall–Kier alpha value is -2.10. The van der Waals surface area contributed by atoms with E-state index in [9.17, 15) is 15.2 Å². The number of para-hydroxylation sites is 1.